The first-order chi connectivity index (χ1) is 28.9. The number of nitrogens with two attached hydrogens (primary N) is 1. The third kappa shape index (κ3) is 8.11. The molecule has 5 heterocycles. The van der Waals surface area contributed by atoms with Crippen LogP contribution in [0.2, 0.25) is 0 Å². The van der Waals surface area contributed by atoms with E-state index in [1.807, 2.05) is 109 Å². The third-order valence-corrected chi connectivity index (χ3v) is 11.6. The highest BCUT2D eigenvalue weighted by atomic mass is 32.2. The van der Waals surface area contributed by atoms with Crippen molar-refractivity contribution in [3.63, 3.8) is 0 Å². The van der Waals surface area contributed by atoms with Crippen molar-refractivity contribution in [1.82, 2.24) is 19.9 Å². The Balaban J connectivity index is 0.00000120. The molecule has 0 saturated heterocycles. The SMILES string of the molecule is NCCO.O=S(=O)(O)c1ccc(-c2c3nc(c(-c4ccc(S(=O)(=O)O)cc4)c4ccc([nH]4)c(-c4ccccc4)c4nc(c(-c5ccccc5)c5ccc2[nH]5)C=C4)C=C3)cc1. The lowest BCUT2D eigenvalue weighted by molar-refractivity contribution is 0.306. The van der Waals surface area contributed by atoms with Crippen molar-refractivity contribution < 1.29 is 31.0 Å². The van der Waals surface area contributed by atoms with Gasteiger partial charge in [-0.2, -0.15) is 16.8 Å². The Kier molecular flexibility index (Phi) is 11.0. The summed E-state index contributed by atoms with van der Waals surface area (Å²) in [6, 6.07) is 39.7. The zero-order valence-electron chi connectivity index (χ0n) is 31.7. The van der Waals surface area contributed by atoms with Crippen LogP contribution in [-0.4, -0.2) is 64.1 Å². The molecule has 12 nitrogen and oxygen atoms in total. The van der Waals surface area contributed by atoms with Gasteiger partial charge in [-0.25, -0.2) is 9.97 Å². The normalized spacial score (nSPS) is 12.3. The number of nitrogens with zero attached hydrogens (tertiary/aromatic N) is 2. The van der Waals surface area contributed by atoms with Gasteiger partial charge in [-0.1, -0.05) is 84.9 Å². The maximum atomic E-state index is 12.0. The van der Waals surface area contributed by atoms with E-state index < -0.39 is 20.2 Å². The highest BCUT2D eigenvalue weighted by Gasteiger charge is 2.20. The molecule has 9 rings (SSSR count). The molecule has 0 aliphatic carbocycles. The van der Waals surface area contributed by atoms with Gasteiger partial charge in [0, 0.05) is 50.9 Å². The van der Waals surface area contributed by atoms with Gasteiger partial charge in [0.25, 0.3) is 20.2 Å². The molecule has 14 heteroatoms. The summed E-state index contributed by atoms with van der Waals surface area (Å²) in [7, 11) is -8.88. The van der Waals surface area contributed by atoms with Gasteiger partial charge >= 0.3 is 0 Å². The van der Waals surface area contributed by atoms with Crippen molar-refractivity contribution in [3.05, 3.63) is 156 Å². The lowest BCUT2D eigenvalue weighted by Gasteiger charge is -2.07. The molecule has 7 aromatic rings. The second kappa shape index (κ2) is 16.5. The average molecular weight is 836 g/mol. The number of rotatable bonds is 7. The zero-order valence-corrected chi connectivity index (χ0v) is 33.3. The van der Waals surface area contributed by atoms with Crippen LogP contribution in [0.1, 0.15) is 22.8 Å². The van der Waals surface area contributed by atoms with Gasteiger partial charge in [-0.05, 0) is 95.1 Å². The van der Waals surface area contributed by atoms with Crippen LogP contribution >= 0.6 is 0 Å². The summed E-state index contributed by atoms with van der Waals surface area (Å²) in [6.07, 6.45) is 7.73. The van der Waals surface area contributed by atoms with Gasteiger partial charge in [0.1, 0.15) is 0 Å². The fraction of sp³-hybridized carbons (Fsp3) is 0.0435. The number of aliphatic hydroxyl groups is 1. The van der Waals surface area contributed by atoms with Crippen LogP contribution in [0.25, 0.3) is 90.9 Å². The molecule has 300 valence electrons. The van der Waals surface area contributed by atoms with Crippen molar-refractivity contribution in [3.8, 4) is 44.5 Å². The monoisotopic (exact) mass is 835 g/mol. The van der Waals surface area contributed by atoms with Gasteiger partial charge in [0.05, 0.1) is 39.2 Å². The quantitative estimate of drug-likeness (QED) is 0.0840. The standard InChI is InChI=1S/C44H30N4O6S2.C2H7NO/c49-55(50,51)31-15-11-29(12-16-31)43-37-23-21-35(46-37)41(27-7-3-1-4-8-27)33-19-20-34(45-33)42(28-9-5-2-6-10-28)36-22-24-38(47-36)44(40-26-25-39(43)48-40)30-13-17-32(18-14-30)56(52,53)54;3-1-2-4/h1-26,46-47H,(H,49,50,51)(H,52,53,54);4H,1-3H2. The maximum Gasteiger partial charge on any atom is 0.294 e. The average Bonchev–Trinajstić information content (AvgIpc) is 4.10. The predicted octanol–water partition coefficient (Wildman–Crippen LogP) is 8.75. The van der Waals surface area contributed by atoms with E-state index in [4.69, 9.17) is 20.8 Å². The van der Waals surface area contributed by atoms with Gasteiger partial charge < -0.3 is 20.8 Å². The molecule has 2 aliphatic heterocycles. The molecule has 8 bridgehead atoms. The number of benzene rings is 4. The second-order valence-corrected chi connectivity index (χ2v) is 16.6. The van der Waals surface area contributed by atoms with Gasteiger partial charge in [-0.3, -0.25) is 9.11 Å². The molecular weight excluding hydrogens is 799 g/mol. The Morgan fingerprint density at radius 1 is 0.433 bits per heavy atom. The Hall–Kier alpha value is -6.78. The second-order valence-electron chi connectivity index (χ2n) is 13.7. The van der Waals surface area contributed by atoms with Crippen molar-refractivity contribution in [2.75, 3.05) is 13.2 Å². The number of hydrogen-bond donors (Lipinski definition) is 6. The molecular formula is C46H37N5O7S2. The lowest BCUT2D eigenvalue weighted by Crippen LogP contribution is -2.02. The molecule has 0 spiro atoms. The van der Waals surface area contributed by atoms with Gasteiger partial charge in [0.2, 0.25) is 0 Å². The maximum absolute atomic E-state index is 12.0. The van der Waals surface area contributed by atoms with Crippen molar-refractivity contribution in [2.45, 2.75) is 9.79 Å². The van der Waals surface area contributed by atoms with Crippen LogP contribution in [0.3, 0.4) is 0 Å². The van der Waals surface area contributed by atoms with Gasteiger partial charge in [0.15, 0.2) is 0 Å². The summed E-state index contributed by atoms with van der Waals surface area (Å²) in [5.41, 5.74) is 16.6. The Labute approximate surface area is 345 Å². The Morgan fingerprint density at radius 3 is 0.950 bits per heavy atom. The van der Waals surface area contributed by atoms with E-state index in [2.05, 4.69) is 9.97 Å². The largest absolute Gasteiger partial charge is 0.395 e. The fourth-order valence-electron chi connectivity index (χ4n) is 7.22. The fourth-order valence-corrected chi connectivity index (χ4v) is 8.18. The molecule has 0 radical (unpaired) electrons. The number of aliphatic hydroxyl groups excluding tert-OH is 1. The Bertz CT molecular complexity index is 2990. The van der Waals surface area contributed by atoms with Crippen LogP contribution in [0.5, 0.6) is 0 Å². The highest BCUT2D eigenvalue weighted by molar-refractivity contribution is 7.86. The molecule has 2 aliphatic rings. The van der Waals surface area contributed by atoms with Gasteiger partial charge in [-0.15, -0.1) is 0 Å². The van der Waals surface area contributed by atoms with Crippen LogP contribution in [-0.2, 0) is 20.2 Å². The summed E-state index contributed by atoms with van der Waals surface area (Å²) in [5.74, 6) is 0. The summed E-state index contributed by atoms with van der Waals surface area (Å²) in [4.78, 5) is 17.2. The molecule has 0 atom stereocenters. The number of H-pyrrole nitrogens is 2. The van der Waals surface area contributed by atoms with E-state index in [-0.39, 0.29) is 16.4 Å². The van der Waals surface area contributed by atoms with E-state index in [0.717, 1.165) is 44.7 Å². The molecule has 0 fully saturated rings. The smallest absolute Gasteiger partial charge is 0.294 e. The van der Waals surface area contributed by atoms with Crippen molar-refractivity contribution >= 4 is 66.6 Å². The predicted molar refractivity (Wildman–Crippen MR) is 236 cm³/mol. The third-order valence-electron chi connectivity index (χ3n) is 9.89. The van der Waals surface area contributed by atoms with Crippen LogP contribution in [0.15, 0.2) is 143 Å². The van der Waals surface area contributed by atoms with E-state index >= 15 is 0 Å². The van der Waals surface area contributed by atoms with E-state index in [0.29, 0.717) is 51.2 Å². The number of aromatic nitrogens is 4. The molecule has 7 N–H and O–H groups in total. The molecule has 60 heavy (non-hydrogen) atoms. The lowest BCUT2D eigenvalue weighted by atomic mass is 10.0. The zero-order chi connectivity index (χ0) is 42.0. The summed E-state index contributed by atoms with van der Waals surface area (Å²) < 4.78 is 67.4. The molecule has 3 aromatic heterocycles. The minimum atomic E-state index is -4.44. The summed E-state index contributed by atoms with van der Waals surface area (Å²) in [6.45, 7) is 0.472. The van der Waals surface area contributed by atoms with Crippen LogP contribution < -0.4 is 5.73 Å². The summed E-state index contributed by atoms with van der Waals surface area (Å²) >= 11 is 0. The minimum absolute atomic E-state index is 0.0972. The molecule has 4 aromatic carbocycles. The first-order valence-corrected chi connectivity index (χ1v) is 21.5. The minimum Gasteiger partial charge on any atom is -0.395 e. The number of hydrogen-bond acceptors (Lipinski definition) is 8. The molecule has 0 amide bonds. The number of aromatic amines is 2. The highest BCUT2D eigenvalue weighted by Crippen LogP contribution is 2.38. The summed E-state index contributed by atoms with van der Waals surface area (Å²) in [5, 5.41) is 7.75. The van der Waals surface area contributed by atoms with Crippen LogP contribution in [0.4, 0.5) is 0 Å². The van der Waals surface area contributed by atoms with Crippen molar-refractivity contribution in [2.24, 2.45) is 5.73 Å². The van der Waals surface area contributed by atoms with E-state index in [1.54, 1.807) is 24.3 Å². The first kappa shape index (κ1) is 40.0. The molecule has 0 saturated carbocycles. The van der Waals surface area contributed by atoms with Crippen molar-refractivity contribution in [1.29, 1.82) is 0 Å². The van der Waals surface area contributed by atoms with E-state index in [1.165, 1.54) is 24.3 Å². The number of fused-ring (bicyclic) bond motifs is 8. The molecule has 0 unspecified atom stereocenters. The van der Waals surface area contributed by atoms with Crippen LogP contribution in [0, 0.1) is 0 Å². The topological polar surface area (TPSA) is 212 Å². The van der Waals surface area contributed by atoms with E-state index in [9.17, 15) is 25.9 Å². The number of nitrogens with one attached hydrogen (secondary N) is 2. The first-order valence-electron chi connectivity index (χ1n) is 18.7. The Morgan fingerprint density at radius 2 is 0.700 bits per heavy atom.